The maximum atomic E-state index is 12.5. The summed E-state index contributed by atoms with van der Waals surface area (Å²) in [6.07, 6.45) is 0. The number of amides is 1. The Bertz CT molecular complexity index is 929. The van der Waals surface area contributed by atoms with E-state index in [0.29, 0.717) is 28.6 Å². The molecule has 26 heavy (non-hydrogen) atoms. The van der Waals surface area contributed by atoms with Gasteiger partial charge in [-0.1, -0.05) is 12.1 Å². The number of methoxy groups -OCH3 is 2. The van der Waals surface area contributed by atoms with E-state index in [9.17, 15) is 4.79 Å². The smallest absolute Gasteiger partial charge is 0.255 e. The van der Waals surface area contributed by atoms with E-state index < -0.39 is 0 Å². The van der Waals surface area contributed by atoms with Crippen LogP contribution in [0.25, 0.3) is 11.3 Å². The Morgan fingerprint density at radius 1 is 1.00 bits per heavy atom. The zero-order valence-corrected chi connectivity index (χ0v) is 15.1. The van der Waals surface area contributed by atoms with E-state index in [-0.39, 0.29) is 5.91 Å². The van der Waals surface area contributed by atoms with Crippen LogP contribution in [0.15, 0.2) is 46.9 Å². The molecule has 1 N–H and O–H groups in total. The Labute approximate surface area is 151 Å². The van der Waals surface area contributed by atoms with Gasteiger partial charge < -0.3 is 19.2 Å². The summed E-state index contributed by atoms with van der Waals surface area (Å²) in [6.45, 7) is 3.69. The topological polar surface area (TPSA) is 73.6 Å². The molecule has 3 rings (SSSR count). The van der Waals surface area contributed by atoms with Gasteiger partial charge in [-0.25, -0.2) is 4.98 Å². The highest BCUT2D eigenvalue weighted by Crippen LogP contribution is 2.28. The second-order valence-corrected chi connectivity index (χ2v) is 5.74. The normalized spacial score (nSPS) is 10.5. The first kappa shape index (κ1) is 17.5. The monoisotopic (exact) mass is 352 g/mol. The van der Waals surface area contributed by atoms with Crippen molar-refractivity contribution in [2.24, 2.45) is 0 Å². The standard InChI is InChI=1S/C20H20N2O4/c1-12-19(21-13(2)26-12)14-5-8-16(9-6-14)22-20(23)15-7-10-17(24-3)18(11-15)25-4/h5-11H,1-4H3,(H,22,23). The predicted octanol–water partition coefficient (Wildman–Crippen LogP) is 4.23. The number of nitrogens with zero attached hydrogens (tertiary/aromatic N) is 1. The number of rotatable bonds is 5. The summed E-state index contributed by atoms with van der Waals surface area (Å²) in [5.41, 5.74) is 2.91. The van der Waals surface area contributed by atoms with Crippen LogP contribution in [0.2, 0.25) is 0 Å². The van der Waals surface area contributed by atoms with Crippen LogP contribution in [0.1, 0.15) is 22.0 Å². The number of carbonyl (C=O) groups is 1. The molecule has 0 aliphatic heterocycles. The first-order valence-electron chi connectivity index (χ1n) is 8.09. The lowest BCUT2D eigenvalue weighted by Gasteiger charge is -2.10. The molecule has 6 heteroatoms. The fourth-order valence-corrected chi connectivity index (χ4v) is 2.69. The average molecular weight is 352 g/mol. The van der Waals surface area contributed by atoms with Crippen LogP contribution in [0.5, 0.6) is 11.5 Å². The lowest BCUT2D eigenvalue weighted by Crippen LogP contribution is -2.12. The SMILES string of the molecule is COc1ccc(C(=O)Nc2ccc(-c3nc(C)oc3C)cc2)cc1OC. The molecule has 134 valence electrons. The molecule has 2 aromatic carbocycles. The molecule has 0 bridgehead atoms. The minimum atomic E-state index is -0.229. The average Bonchev–Trinajstić information content (AvgIpc) is 2.99. The van der Waals surface area contributed by atoms with E-state index in [1.807, 2.05) is 38.1 Å². The Balaban J connectivity index is 1.77. The molecule has 0 fully saturated rings. The van der Waals surface area contributed by atoms with E-state index in [1.165, 1.54) is 7.11 Å². The molecule has 1 amide bonds. The van der Waals surface area contributed by atoms with Crippen molar-refractivity contribution >= 4 is 11.6 Å². The Kier molecular flexibility index (Phi) is 4.93. The Hall–Kier alpha value is -3.28. The maximum absolute atomic E-state index is 12.5. The van der Waals surface area contributed by atoms with Crippen molar-refractivity contribution in [3.05, 3.63) is 59.7 Å². The van der Waals surface area contributed by atoms with Crippen LogP contribution in [0, 0.1) is 13.8 Å². The number of aryl methyl sites for hydroxylation is 2. The largest absolute Gasteiger partial charge is 0.493 e. The van der Waals surface area contributed by atoms with Gasteiger partial charge in [0, 0.05) is 23.7 Å². The van der Waals surface area contributed by atoms with Gasteiger partial charge in [0.25, 0.3) is 5.91 Å². The third-order valence-electron chi connectivity index (χ3n) is 3.97. The Morgan fingerprint density at radius 2 is 1.69 bits per heavy atom. The molecule has 0 aliphatic carbocycles. The number of oxazole rings is 1. The highest BCUT2D eigenvalue weighted by Gasteiger charge is 2.12. The van der Waals surface area contributed by atoms with E-state index in [2.05, 4.69) is 10.3 Å². The molecular formula is C20H20N2O4. The minimum Gasteiger partial charge on any atom is -0.493 e. The quantitative estimate of drug-likeness (QED) is 0.744. The molecule has 0 atom stereocenters. The molecule has 0 saturated carbocycles. The molecule has 0 aliphatic rings. The number of hydrogen-bond acceptors (Lipinski definition) is 5. The molecule has 0 radical (unpaired) electrons. The molecule has 0 unspecified atom stereocenters. The van der Waals surface area contributed by atoms with E-state index in [4.69, 9.17) is 13.9 Å². The zero-order chi connectivity index (χ0) is 18.7. The zero-order valence-electron chi connectivity index (χ0n) is 15.1. The predicted molar refractivity (Wildman–Crippen MR) is 98.9 cm³/mol. The van der Waals surface area contributed by atoms with Gasteiger partial charge in [-0.05, 0) is 37.3 Å². The van der Waals surface area contributed by atoms with Gasteiger partial charge in [0.1, 0.15) is 11.5 Å². The third-order valence-corrected chi connectivity index (χ3v) is 3.97. The van der Waals surface area contributed by atoms with Crippen molar-refractivity contribution in [2.75, 3.05) is 19.5 Å². The highest BCUT2D eigenvalue weighted by molar-refractivity contribution is 6.04. The number of benzene rings is 2. The van der Waals surface area contributed by atoms with Gasteiger partial charge in [-0.3, -0.25) is 4.79 Å². The summed E-state index contributed by atoms with van der Waals surface area (Å²) < 4.78 is 15.9. The second-order valence-electron chi connectivity index (χ2n) is 5.74. The van der Waals surface area contributed by atoms with Crippen LogP contribution < -0.4 is 14.8 Å². The van der Waals surface area contributed by atoms with Gasteiger partial charge in [-0.2, -0.15) is 0 Å². The van der Waals surface area contributed by atoms with Crippen LogP contribution in [0.4, 0.5) is 5.69 Å². The van der Waals surface area contributed by atoms with Crippen molar-refractivity contribution < 1.29 is 18.7 Å². The van der Waals surface area contributed by atoms with Gasteiger partial charge >= 0.3 is 0 Å². The molecule has 1 aromatic heterocycles. The van der Waals surface area contributed by atoms with Crippen LogP contribution in [-0.4, -0.2) is 25.1 Å². The fraction of sp³-hybridized carbons (Fsp3) is 0.200. The number of ether oxygens (including phenoxy) is 2. The highest BCUT2D eigenvalue weighted by atomic mass is 16.5. The number of anilines is 1. The van der Waals surface area contributed by atoms with E-state index in [1.54, 1.807) is 25.3 Å². The summed E-state index contributed by atoms with van der Waals surface area (Å²) >= 11 is 0. The summed E-state index contributed by atoms with van der Waals surface area (Å²) in [5, 5.41) is 2.87. The van der Waals surface area contributed by atoms with Crippen molar-refractivity contribution in [3.63, 3.8) is 0 Å². The summed E-state index contributed by atoms with van der Waals surface area (Å²) in [7, 11) is 3.09. The van der Waals surface area contributed by atoms with Gasteiger partial charge in [-0.15, -0.1) is 0 Å². The van der Waals surface area contributed by atoms with Crippen LogP contribution >= 0.6 is 0 Å². The fourth-order valence-electron chi connectivity index (χ4n) is 2.69. The van der Waals surface area contributed by atoms with Crippen molar-refractivity contribution in [2.45, 2.75) is 13.8 Å². The van der Waals surface area contributed by atoms with E-state index >= 15 is 0 Å². The molecule has 0 spiro atoms. The van der Waals surface area contributed by atoms with Gasteiger partial charge in [0.05, 0.1) is 14.2 Å². The lowest BCUT2D eigenvalue weighted by molar-refractivity contribution is 0.102. The molecule has 6 nitrogen and oxygen atoms in total. The molecule has 3 aromatic rings. The van der Waals surface area contributed by atoms with Crippen molar-refractivity contribution in [1.82, 2.24) is 4.98 Å². The number of hydrogen-bond donors (Lipinski definition) is 1. The molecule has 1 heterocycles. The van der Waals surface area contributed by atoms with Gasteiger partial charge in [0.15, 0.2) is 17.4 Å². The van der Waals surface area contributed by atoms with Crippen molar-refractivity contribution in [3.8, 4) is 22.8 Å². The molecule has 0 saturated heterocycles. The van der Waals surface area contributed by atoms with E-state index in [0.717, 1.165) is 17.0 Å². The molecular weight excluding hydrogens is 332 g/mol. The maximum Gasteiger partial charge on any atom is 0.255 e. The summed E-state index contributed by atoms with van der Waals surface area (Å²) in [5.74, 6) is 2.25. The second kappa shape index (κ2) is 7.31. The first-order valence-corrected chi connectivity index (χ1v) is 8.09. The minimum absolute atomic E-state index is 0.229. The lowest BCUT2D eigenvalue weighted by atomic mass is 10.1. The number of nitrogens with one attached hydrogen (secondary N) is 1. The van der Waals surface area contributed by atoms with Gasteiger partial charge in [0.2, 0.25) is 0 Å². The summed E-state index contributed by atoms with van der Waals surface area (Å²) in [6, 6.07) is 12.5. The third kappa shape index (κ3) is 3.54. The number of carbonyl (C=O) groups excluding carboxylic acids is 1. The summed E-state index contributed by atoms with van der Waals surface area (Å²) in [4.78, 5) is 16.8. The van der Waals surface area contributed by atoms with Crippen LogP contribution in [-0.2, 0) is 0 Å². The van der Waals surface area contributed by atoms with Crippen LogP contribution in [0.3, 0.4) is 0 Å². The number of aromatic nitrogens is 1. The van der Waals surface area contributed by atoms with Crippen molar-refractivity contribution in [1.29, 1.82) is 0 Å². The Morgan fingerprint density at radius 3 is 2.27 bits per heavy atom. The first-order chi connectivity index (χ1) is 12.5.